The number of halogens is 1. The molecule has 3 rings (SSSR count). The number of nitrogens with zero attached hydrogens (tertiary/aromatic N) is 4. The number of aromatic nitrogens is 3. The lowest BCUT2D eigenvalue weighted by Gasteiger charge is -1.99. The normalized spacial score (nSPS) is 11.2. The molecule has 0 aliphatic rings. The first-order valence-corrected chi connectivity index (χ1v) is 7.19. The Morgan fingerprint density at radius 2 is 2.00 bits per heavy atom. The third kappa shape index (κ3) is 2.80. The van der Waals surface area contributed by atoms with Gasteiger partial charge in [0.1, 0.15) is 6.33 Å². The van der Waals surface area contributed by atoms with E-state index in [4.69, 9.17) is 0 Å². The van der Waals surface area contributed by atoms with Crippen LogP contribution >= 0.6 is 27.3 Å². The molecule has 94 valence electrons. The van der Waals surface area contributed by atoms with E-state index in [0.29, 0.717) is 0 Å². The average molecular weight is 333 g/mol. The third-order valence-electron chi connectivity index (χ3n) is 2.47. The fourth-order valence-corrected chi connectivity index (χ4v) is 2.90. The van der Waals surface area contributed by atoms with Crippen LogP contribution in [0.2, 0.25) is 0 Å². The number of rotatable bonds is 3. The minimum absolute atomic E-state index is 0.729. The van der Waals surface area contributed by atoms with E-state index >= 15 is 0 Å². The SMILES string of the molecule is Brc1ccc(/C=N\n2cnnc2-c2ccccc2)s1. The van der Waals surface area contributed by atoms with Gasteiger partial charge in [-0.1, -0.05) is 30.3 Å². The van der Waals surface area contributed by atoms with Gasteiger partial charge in [0.15, 0.2) is 5.82 Å². The maximum Gasteiger partial charge on any atom is 0.184 e. The molecule has 4 nitrogen and oxygen atoms in total. The summed E-state index contributed by atoms with van der Waals surface area (Å²) in [5.74, 6) is 0.729. The third-order valence-corrected chi connectivity index (χ3v) is 4.02. The van der Waals surface area contributed by atoms with Crippen LogP contribution in [0.3, 0.4) is 0 Å². The second-order valence-corrected chi connectivity index (χ2v) is 6.25. The van der Waals surface area contributed by atoms with Crippen LogP contribution in [-0.2, 0) is 0 Å². The quantitative estimate of drug-likeness (QED) is 0.687. The molecule has 2 aromatic heterocycles. The van der Waals surface area contributed by atoms with E-state index in [1.165, 1.54) is 0 Å². The zero-order chi connectivity index (χ0) is 13.1. The predicted octanol–water partition coefficient (Wildman–Crippen LogP) is 3.65. The molecule has 3 aromatic rings. The van der Waals surface area contributed by atoms with E-state index in [0.717, 1.165) is 20.1 Å². The fourth-order valence-electron chi connectivity index (χ4n) is 1.61. The van der Waals surface area contributed by atoms with E-state index in [1.807, 2.05) is 42.5 Å². The zero-order valence-electron chi connectivity index (χ0n) is 9.77. The van der Waals surface area contributed by atoms with Crippen LogP contribution < -0.4 is 0 Å². The summed E-state index contributed by atoms with van der Waals surface area (Å²) in [5.41, 5.74) is 0.990. The van der Waals surface area contributed by atoms with Crippen LogP contribution in [0.15, 0.2) is 57.7 Å². The van der Waals surface area contributed by atoms with E-state index in [2.05, 4.69) is 31.2 Å². The second kappa shape index (κ2) is 5.46. The van der Waals surface area contributed by atoms with Crippen molar-refractivity contribution in [2.24, 2.45) is 5.10 Å². The summed E-state index contributed by atoms with van der Waals surface area (Å²) in [6.45, 7) is 0. The van der Waals surface area contributed by atoms with Crippen molar-refractivity contribution in [3.8, 4) is 11.4 Å². The minimum atomic E-state index is 0.729. The van der Waals surface area contributed by atoms with Crippen molar-refractivity contribution in [1.29, 1.82) is 0 Å². The van der Waals surface area contributed by atoms with Crippen LogP contribution in [0.4, 0.5) is 0 Å². The van der Waals surface area contributed by atoms with Crippen LogP contribution in [0.25, 0.3) is 11.4 Å². The van der Waals surface area contributed by atoms with Crippen molar-refractivity contribution in [2.75, 3.05) is 0 Å². The van der Waals surface area contributed by atoms with Crippen LogP contribution in [0.5, 0.6) is 0 Å². The van der Waals surface area contributed by atoms with Gasteiger partial charge in [-0.05, 0) is 28.1 Å². The molecule has 0 atom stereocenters. The molecule has 0 bridgehead atoms. The summed E-state index contributed by atoms with van der Waals surface area (Å²) < 4.78 is 2.75. The fraction of sp³-hybridized carbons (Fsp3) is 0. The Kier molecular flexibility index (Phi) is 3.52. The molecular formula is C13H9BrN4S. The van der Waals surface area contributed by atoms with E-state index in [1.54, 1.807) is 28.6 Å². The van der Waals surface area contributed by atoms with Gasteiger partial charge in [0.05, 0.1) is 10.0 Å². The van der Waals surface area contributed by atoms with Gasteiger partial charge >= 0.3 is 0 Å². The van der Waals surface area contributed by atoms with Gasteiger partial charge < -0.3 is 0 Å². The molecule has 0 radical (unpaired) electrons. The molecule has 0 saturated carbocycles. The Labute approximate surface area is 122 Å². The molecule has 0 aliphatic carbocycles. The number of hydrogen-bond donors (Lipinski definition) is 0. The van der Waals surface area contributed by atoms with Gasteiger partial charge in [0.25, 0.3) is 0 Å². The number of thiophene rings is 1. The van der Waals surface area contributed by atoms with E-state index in [9.17, 15) is 0 Å². The number of benzene rings is 1. The molecule has 6 heteroatoms. The summed E-state index contributed by atoms with van der Waals surface area (Å²) in [4.78, 5) is 1.07. The molecule has 19 heavy (non-hydrogen) atoms. The smallest absolute Gasteiger partial charge is 0.184 e. The summed E-state index contributed by atoms with van der Waals surface area (Å²) in [6.07, 6.45) is 3.40. The first kappa shape index (κ1) is 12.3. The van der Waals surface area contributed by atoms with Crippen LogP contribution in [-0.4, -0.2) is 21.1 Å². The van der Waals surface area contributed by atoms with Gasteiger partial charge in [-0.3, -0.25) is 0 Å². The highest BCUT2D eigenvalue weighted by atomic mass is 79.9. The van der Waals surface area contributed by atoms with Crippen molar-refractivity contribution < 1.29 is 0 Å². The van der Waals surface area contributed by atoms with E-state index in [-0.39, 0.29) is 0 Å². The largest absolute Gasteiger partial charge is 0.200 e. The van der Waals surface area contributed by atoms with Crippen LogP contribution in [0.1, 0.15) is 4.88 Å². The molecular weight excluding hydrogens is 324 g/mol. The molecule has 0 unspecified atom stereocenters. The Hall–Kier alpha value is -1.79. The van der Waals surface area contributed by atoms with Crippen molar-refractivity contribution in [2.45, 2.75) is 0 Å². The first-order valence-electron chi connectivity index (χ1n) is 5.58. The lowest BCUT2D eigenvalue weighted by atomic mass is 10.2. The Bertz CT molecular complexity index is 702. The standard InChI is InChI=1S/C13H9BrN4S/c14-12-7-6-11(19-12)8-16-18-9-15-17-13(18)10-4-2-1-3-5-10/h1-9H/b16-8-. The van der Waals surface area contributed by atoms with Gasteiger partial charge in [-0.2, -0.15) is 9.78 Å². The van der Waals surface area contributed by atoms with E-state index < -0.39 is 0 Å². The highest BCUT2D eigenvalue weighted by Gasteiger charge is 2.05. The van der Waals surface area contributed by atoms with Gasteiger partial charge in [0, 0.05) is 10.4 Å². The maximum absolute atomic E-state index is 4.38. The Morgan fingerprint density at radius 3 is 2.74 bits per heavy atom. The summed E-state index contributed by atoms with van der Waals surface area (Å²) in [5, 5.41) is 12.4. The maximum atomic E-state index is 4.38. The van der Waals surface area contributed by atoms with Gasteiger partial charge in [-0.25, -0.2) is 0 Å². The van der Waals surface area contributed by atoms with Crippen molar-refractivity contribution >= 4 is 33.5 Å². The lowest BCUT2D eigenvalue weighted by molar-refractivity contribution is 0.888. The highest BCUT2D eigenvalue weighted by molar-refractivity contribution is 9.11. The minimum Gasteiger partial charge on any atom is -0.200 e. The molecule has 0 fully saturated rings. The predicted molar refractivity (Wildman–Crippen MR) is 80.5 cm³/mol. The molecule has 0 saturated heterocycles. The summed E-state index contributed by atoms with van der Waals surface area (Å²) in [6, 6.07) is 13.9. The average Bonchev–Trinajstić information content (AvgIpc) is 3.06. The summed E-state index contributed by atoms with van der Waals surface area (Å²) in [7, 11) is 0. The molecule has 0 spiro atoms. The zero-order valence-corrected chi connectivity index (χ0v) is 12.2. The second-order valence-electron chi connectivity index (χ2n) is 3.75. The van der Waals surface area contributed by atoms with Crippen molar-refractivity contribution in [3.05, 3.63) is 57.5 Å². The molecule has 0 amide bonds. The Balaban J connectivity index is 1.91. The van der Waals surface area contributed by atoms with Gasteiger partial charge in [-0.15, -0.1) is 21.5 Å². The molecule has 1 aromatic carbocycles. The highest BCUT2D eigenvalue weighted by Crippen LogP contribution is 2.21. The van der Waals surface area contributed by atoms with Crippen molar-refractivity contribution in [3.63, 3.8) is 0 Å². The molecule has 2 heterocycles. The number of hydrogen-bond acceptors (Lipinski definition) is 4. The van der Waals surface area contributed by atoms with Crippen LogP contribution in [0, 0.1) is 0 Å². The first-order chi connectivity index (χ1) is 9.33. The monoisotopic (exact) mass is 332 g/mol. The Morgan fingerprint density at radius 1 is 1.16 bits per heavy atom. The topological polar surface area (TPSA) is 43.1 Å². The molecule has 0 aliphatic heterocycles. The summed E-state index contributed by atoms with van der Waals surface area (Å²) >= 11 is 5.05. The molecule has 0 N–H and O–H groups in total. The lowest BCUT2D eigenvalue weighted by Crippen LogP contribution is -1.92. The van der Waals surface area contributed by atoms with Gasteiger partial charge in [0.2, 0.25) is 0 Å². The van der Waals surface area contributed by atoms with Crippen molar-refractivity contribution in [1.82, 2.24) is 14.9 Å².